The van der Waals surface area contributed by atoms with Crippen molar-refractivity contribution >= 4 is 22.7 Å². The van der Waals surface area contributed by atoms with Gasteiger partial charge < -0.3 is 29.6 Å². The number of fused-ring (bicyclic) bond motifs is 1. The lowest BCUT2D eigenvalue weighted by Crippen LogP contribution is -2.36. The van der Waals surface area contributed by atoms with Crippen molar-refractivity contribution in [3.8, 4) is 11.5 Å². The fourth-order valence-electron chi connectivity index (χ4n) is 4.89. The van der Waals surface area contributed by atoms with Crippen molar-refractivity contribution in [2.24, 2.45) is 5.73 Å². The second kappa shape index (κ2) is 10.4. The molecule has 3 aromatic rings. The molecule has 186 valence electrons. The number of piperidine rings is 1. The van der Waals surface area contributed by atoms with Gasteiger partial charge in [0.1, 0.15) is 11.5 Å². The maximum absolute atomic E-state index is 12.6. The number of amides is 2. The lowest BCUT2D eigenvalue weighted by Gasteiger charge is -2.33. The van der Waals surface area contributed by atoms with Crippen molar-refractivity contribution in [3.63, 3.8) is 0 Å². The first-order valence-corrected chi connectivity index (χ1v) is 11.9. The molecule has 4 rings (SSSR count). The second-order valence-corrected chi connectivity index (χ2v) is 9.25. The summed E-state index contributed by atoms with van der Waals surface area (Å²) in [7, 11) is 6.67. The first-order valence-electron chi connectivity index (χ1n) is 11.9. The van der Waals surface area contributed by atoms with Crippen LogP contribution in [-0.4, -0.2) is 74.1 Å². The Morgan fingerprint density at radius 3 is 2.37 bits per heavy atom. The van der Waals surface area contributed by atoms with Crippen molar-refractivity contribution < 1.29 is 19.1 Å². The van der Waals surface area contributed by atoms with Crippen LogP contribution < -0.4 is 15.2 Å². The maximum atomic E-state index is 12.6. The second-order valence-electron chi connectivity index (χ2n) is 9.25. The summed E-state index contributed by atoms with van der Waals surface area (Å²) in [6.07, 6.45) is 4.94. The highest BCUT2D eigenvalue weighted by atomic mass is 16.5. The average molecular weight is 479 g/mol. The van der Waals surface area contributed by atoms with Gasteiger partial charge in [-0.05, 0) is 54.5 Å². The number of benzene rings is 2. The third-order valence-corrected chi connectivity index (χ3v) is 6.89. The Kier molecular flexibility index (Phi) is 7.31. The topological polar surface area (TPSA) is 90.0 Å². The van der Waals surface area contributed by atoms with Gasteiger partial charge in [0.25, 0.3) is 5.91 Å². The number of likely N-dealkylation sites (tertiary alicyclic amines) is 1. The first kappa shape index (κ1) is 24.6. The number of hydrogen-bond donors (Lipinski definition) is 1. The van der Waals surface area contributed by atoms with E-state index in [1.165, 1.54) is 0 Å². The van der Waals surface area contributed by atoms with E-state index in [4.69, 9.17) is 15.2 Å². The van der Waals surface area contributed by atoms with Crippen LogP contribution >= 0.6 is 0 Å². The zero-order valence-corrected chi connectivity index (χ0v) is 20.9. The number of methoxy groups -OCH3 is 2. The van der Waals surface area contributed by atoms with E-state index in [1.807, 2.05) is 18.2 Å². The predicted molar refractivity (Wildman–Crippen MR) is 136 cm³/mol. The monoisotopic (exact) mass is 478 g/mol. The summed E-state index contributed by atoms with van der Waals surface area (Å²) in [4.78, 5) is 28.3. The molecule has 0 spiro atoms. The molecule has 0 saturated carbocycles. The van der Waals surface area contributed by atoms with E-state index in [0.717, 1.165) is 61.1 Å². The Labute approximate surface area is 206 Å². The van der Waals surface area contributed by atoms with Crippen LogP contribution in [0.25, 0.3) is 10.9 Å². The van der Waals surface area contributed by atoms with Crippen LogP contribution in [0.4, 0.5) is 0 Å². The number of rotatable bonds is 8. The fraction of sp³-hybridized carbons (Fsp3) is 0.407. The summed E-state index contributed by atoms with van der Waals surface area (Å²) >= 11 is 0. The maximum Gasteiger partial charge on any atom is 0.257 e. The van der Waals surface area contributed by atoms with Gasteiger partial charge in [-0.1, -0.05) is 6.07 Å². The smallest absolute Gasteiger partial charge is 0.257 e. The lowest BCUT2D eigenvalue weighted by molar-refractivity contribution is 0.0823. The highest BCUT2D eigenvalue weighted by molar-refractivity contribution is 5.97. The molecular formula is C27H34N4O4. The normalized spacial score (nSPS) is 14.7. The Hall–Kier alpha value is -3.52. The van der Waals surface area contributed by atoms with Gasteiger partial charge >= 0.3 is 0 Å². The molecule has 2 N–H and O–H groups in total. The quantitative estimate of drug-likeness (QED) is 0.536. The minimum Gasteiger partial charge on any atom is -0.496 e. The molecule has 2 amide bonds. The van der Waals surface area contributed by atoms with E-state index < -0.39 is 5.91 Å². The van der Waals surface area contributed by atoms with Crippen LogP contribution in [-0.2, 0) is 6.42 Å². The Morgan fingerprint density at radius 2 is 1.74 bits per heavy atom. The third-order valence-electron chi connectivity index (χ3n) is 6.89. The number of carbonyl (C=O) groups is 2. The standard InChI is InChI=1S/C27H34N4O4/c1-29(2)27(33)22-15-19(24(34-3)17-25(22)35-4)7-11-30-12-9-21(10-13-30)31-14-8-18-5-6-20(26(28)32)16-23(18)31/h5-6,8,14-17,21H,7,9-13H2,1-4H3,(H2,28,32). The molecule has 0 atom stereocenters. The van der Waals surface area contributed by atoms with Gasteiger partial charge in [0.05, 0.1) is 19.8 Å². The molecule has 1 aliphatic rings. The summed E-state index contributed by atoms with van der Waals surface area (Å²) in [5.41, 5.74) is 8.62. The summed E-state index contributed by atoms with van der Waals surface area (Å²) in [6, 6.07) is 11.8. The van der Waals surface area contributed by atoms with Crippen molar-refractivity contribution in [3.05, 3.63) is 59.3 Å². The summed E-state index contributed by atoms with van der Waals surface area (Å²) < 4.78 is 13.3. The molecule has 35 heavy (non-hydrogen) atoms. The zero-order valence-electron chi connectivity index (χ0n) is 20.9. The van der Waals surface area contributed by atoms with Crippen LogP contribution in [0.5, 0.6) is 11.5 Å². The van der Waals surface area contributed by atoms with E-state index in [9.17, 15) is 9.59 Å². The molecular weight excluding hydrogens is 444 g/mol. The summed E-state index contributed by atoms with van der Waals surface area (Å²) in [5.74, 6) is 0.753. The number of primary amides is 1. The van der Waals surface area contributed by atoms with E-state index in [2.05, 4.69) is 21.7 Å². The molecule has 1 fully saturated rings. The molecule has 8 nitrogen and oxygen atoms in total. The first-order chi connectivity index (χ1) is 16.8. The van der Waals surface area contributed by atoms with E-state index >= 15 is 0 Å². The van der Waals surface area contributed by atoms with Gasteiger partial charge in [0.15, 0.2) is 0 Å². The zero-order chi connectivity index (χ0) is 25.1. The van der Waals surface area contributed by atoms with Crippen molar-refractivity contribution in [1.29, 1.82) is 0 Å². The van der Waals surface area contributed by atoms with Crippen LogP contribution in [0.2, 0.25) is 0 Å². The molecule has 0 radical (unpaired) electrons. The number of aromatic nitrogens is 1. The molecule has 0 unspecified atom stereocenters. The van der Waals surface area contributed by atoms with Gasteiger partial charge in [0.2, 0.25) is 5.91 Å². The van der Waals surface area contributed by atoms with Crippen LogP contribution in [0.15, 0.2) is 42.6 Å². The molecule has 0 bridgehead atoms. The van der Waals surface area contributed by atoms with Crippen LogP contribution in [0, 0.1) is 0 Å². The van der Waals surface area contributed by atoms with Gasteiger partial charge in [0, 0.05) is 63.1 Å². The van der Waals surface area contributed by atoms with E-state index in [0.29, 0.717) is 22.9 Å². The Morgan fingerprint density at radius 1 is 1.03 bits per heavy atom. The van der Waals surface area contributed by atoms with Gasteiger partial charge in [-0.3, -0.25) is 9.59 Å². The number of carbonyl (C=O) groups excluding carboxylic acids is 2. The van der Waals surface area contributed by atoms with Gasteiger partial charge in [-0.25, -0.2) is 0 Å². The molecule has 2 aromatic carbocycles. The van der Waals surface area contributed by atoms with Crippen molar-refractivity contribution in [1.82, 2.24) is 14.4 Å². The largest absolute Gasteiger partial charge is 0.496 e. The number of nitrogens with two attached hydrogens (primary N) is 1. The minimum atomic E-state index is -0.404. The van der Waals surface area contributed by atoms with Crippen molar-refractivity contribution in [2.75, 3.05) is 47.9 Å². The SMILES string of the molecule is COc1cc(OC)c(C(=O)N(C)C)cc1CCN1CCC(n2ccc3ccc(C(N)=O)cc32)CC1. The molecule has 0 aliphatic carbocycles. The Bertz CT molecular complexity index is 1230. The van der Waals surface area contributed by atoms with E-state index in [-0.39, 0.29) is 5.91 Å². The number of hydrogen-bond acceptors (Lipinski definition) is 5. The van der Waals surface area contributed by atoms with Gasteiger partial charge in [-0.2, -0.15) is 0 Å². The highest BCUT2D eigenvalue weighted by Crippen LogP contribution is 2.32. The molecule has 2 heterocycles. The lowest BCUT2D eigenvalue weighted by atomic mass is 10.0. The average Bonchev–Trinajstić information content (AvgIpc) is 3.30. The van der Waals surface area contributed by atoms with Gasteiger partial charge in [-0.15, -0.1) is 0 Å². The molecule has 1 aliphatic heterocycles. The molecule has 1 aromatic heterocycles. The van der Waals surface area contributed by atoms with E-state index in [1.54, 1.807) is 45.3 Å². The predicted octanol–water partition coefficient (Wildman–Crippen LogP) is 3.34. The van der Waals surface area contributed by atoms with Crippen LogP contribution in [0.1, 0.15) is 45.2 Å². The number of ether oxygens (including phenoxy) is 2. The fourth-order valence-corrected chi connectivity index (χ4v) is 4.89. The Balaban J connectivity index is 1.43. The summed E-state index contributed by atoms with van der Waals surface area (Å²) in [6.45, 7) is 2.83. The van der Waals surface area contributed by atoms with Crippen LogP contribution in [0.3, 0.4) is 0 Å². The van der Waals surface area contributed by atoms with Crippen molar-refractivity contribution in [2.45, 2.75) is 25.3 Å². The minimum absolute atomic E-state index is 0.0926. The number of nitrogens with zero attached hydrogens (tertiary/aromatic N) is 3. The molecule has 1 saturated heterocycles. The highest BCUT2D eigenvalue weighted by Gasteiger charge is 2.23. The molecule has 8 heteroatoms. The third kappa shape index (κ3) is 5.12. The summed E-state index contributed by atoms with van der Waals surface area (Å²) in [5, 5.41) is 1.12.